The van der Waals surface area contributed by atoms with Crippen LogP contribution < -0.4 is 0 Å². The van der Waals surface area contributed by atoms with Gasteiger partial charge in [-0.25, -0.2) is 0 Å². The Morgan fingerprint density at radius 1 is 1.21 bits per heavy atom. The van der Waals surface area contributed by atoms with Crippen LogP contribution in [0.25, 0.3) is 0 Å². The van der Waals surface area contributed by atoms with Crippen molar-refractivity contribution in [2.24, 2.45) is 5.92 Å². The van der Waals surface area contributed by atoms with E-state index in [0.29, 0.717) is 6.04 Å². The summed E-state index contributed by atoms with van der Waals surface area (Å²) in [5, 5.41) is 2.12. The van der Waals surface area contributed by atoms with Gasteiger partial charge < -0.3 is 0 Å². The minimum Gasteiger partial charge on any atom is -0.299 e. The molecular weight excluding hydrogens is 174 g/mol. The molecule has 2 atom stereocenters. The van der Waals surface area contributed by atoms with Gasteiger partial charge in [0.05, 0.1) is 6.61 Å². The molecule has 0 aromatic carbocycles. The summed E-state index contributed by atoms with van der Waals surface area (Å²) in [7, 11) is 2.11. The molecule has 0 N–H and O–H groups in total. The molecule has 1 saturated carbocycles. The van der Waals surface area contributed by atoms with Crippen molar-refractivity contribution in [3.63, 3.8) is 0 Å². The van der Waals surface area contributed by atoms with E-state index < -0.39 is 0 Å². The lowest BCUT2D eigenvalue weighted by Crippen LogP contribution is -2.40. The third-order valence-electron chi connectivity index (χ3n) is 3.36. The molecule has 0 spiro atoms. The monoisotopic (exact) mass is 199 g/mol. The quantitative estimate of drug-likeness (QED) is 0.630. The molecule has 2 heteroatoms. The lowest BCUT2D eigenvalue weighted by molar-refractivity contribution is -0.185. The first-order valence-electron chi connectivity index (χ1n) is 6.15. The zero-order valence-corrected chi connectivity index (χ0v) is 9.96. The fourth-order valence-corrected chi connectivity index (χ4v) is 2.47. The van der Waals surface area contributed by atoms with Gasteiger partial charge in [-0.3, -0.25) is 4.84 Å². The second-order valence-electron chi connectivity index (χ2n) is 4.40. The van der Waals surface area contributed by atoms with Crippen LogP contribution in [0.4, 0.5) is 0 Å². The van der Waals surface area contributed by atoms with E-state index in [0.717, 1.165) is 18.9 Å². The van der Waals surface area contributed by atoms with E-state index in [1.165, 1.54) is 32.1 Å². The van der Waals surface area contributed by atoms with Crippen LogP contribution in [0.3, 0.4) is 0 Å². The van der Waals surface area contributed by atoms with Gasteiger partial charge in [-0.1, -0.05) is 33.1 Å². The Morgan fingerprint density at radius 2 is 1.93 bits per heavy atom. The predicted octanol–water partition coefficient (Wildman–Crippen LogP) is 3.23. The van der Waals surface area contributed by atoms with E-state index in [1.807, 2.05) is 0 Å². The first-order chi connectivity index (χ1) is 6.79. The van der Waals surface area contributed by atoms with Crippen LogP contribution in [0.5, 0.6) is 0 Å². The van der Waals surface area contributed by atoms with E-state index in [4.69, 9.17) is 4.84 Å². The maximum absolute atomic E-state index is 5.70. The largest absolute Gasteiger partial charge is 0.299 e. The second-order valence-corrected chi connectivity index (χ2v) is 4.40. The van der Waals surface area contributed by atoms with Gasteiger partial charge in [0.25, 0.3) is 0 Å². The van der Waals surface area contributed by atoms with Crippen molar-refractivity contribution in [2.45, 2.75) is 58.4 Å². The Bertz CT molecular complexity index is 149. The van der Waals surface area contributed by atoms with Crippen LogP contribution in [0.1, 0.15) is 52.4 Å². The molecule has 0 aliphatic heterocycles. The van der Waals surface area contributed by atoms with Gasteiger partial charge in [0.15, 0.2) is 0 Å². The fraction of sp³-hybridized carbons (Fsp3) is 1.00. The summed E-state index contributed by atoms with van der Waals surface area (Å²) in [4.78, 5) is 5.70. The van der Waals surface area contributed by atoms with E-state index in [9.17, 15) is 0 Å². The average Bonchev–Trinajstić information content (AvgIpc) is 2.25. The standard InChI is InChI=1S/C12H25NO/c1-4-10-14-13(3)12-9-7-6-8-11(12)5-2/h11-12H,4-10H2,1-3H3. The fourth-order valence-electron chi connectivity index (χ4n) is 2.47. The second kappa shape index (κ2) is 6.41. The van der Waals surface area contributed by atoms with Crippen LogP contribution in [-0.2, 0) is 4.84 Å². The van der Waals surface area contributed by atoms with Crippen molar-refractivity contribution < 1.29 is 4.84 Å². The third-order valence-corrected chi connectivity index (χ3v) is 3.36. The summed E-state index contributed by atoms with van der Waals surface area (Å²) in [5.74, 6) is 0.852. The summed E-state index contributed by atoms with van der Waals surface area (Å²) < 4.78 is 0. The molecule has 2 unspecified atom stereocenters. The van der Waals surface area contributed by atoms with Crippen molar-refractivity contribution in [3.05, 3.63) is 0 Å². The topological polar surface area (TPSA) is 12.5 Å². The highest BCUT2D eigenvalue weighted by atomic mass is 16.7. The van der Waals surface area contributed by atoms with Crippen molar-refractivity contribution in [1.29, 1.82) is 0 Å². The lowest BCUT2D eigenvalue weighted by atomic mass is 9.83. The lowest BCUT2D eigenvalue weighted by Gasteiger charge is -2.36. The zero-order chi connectivity index (χ0) is 10.4. The van der Waals surface area contributed by atoms with Gasteiger partial charge >= 0.3 is 0 Å². The normalized spacial score (nSPS) is 28.3. The molecule has 0 bridgehead atoms. The molecule has 0 radical (unpaired) electrons. The molecule has 0 amide bonds. The number of nitrogens with zero attached hydrogens (tertiary/aromatic N) is 1. The van der Waals surface area contributed by atoms with Crippen molar-refractivity contribution in [2.75, 3.05) is 13.7 Å². The maximum Gasteiger partial charge on any atom is 0.0682 e. The van der Waals surface area contributed by atoms with Crippen molar-refractivity contribution >= 4 is 0 Å². The zero-order valence-electron chi connectivity index (χ0n) is 9.96. The number of hydrogen-bond donors (Lipinski definition) is 0. The maximum atomic E-state index is 5.70. The van der Waals surface area contributed by atoms with Gasteiger partial charge in [-0.05, 0) is 25.2 Å². The Kier molecular flexibility index (Phi) is 5.49. The van der Waals surface area contributed by atoms with E-state index >= 15 is 0 Å². The van der Waals surface area contributed by atoms with Crippen LogP contribution in [0.15, 0.2) is 0 Å². The summed E-state index contributed by atoms with van der Waals surface area (Å²) in [6.07, 6.45) is 7.90. The minimum atomic E-state index is 0.667. The molecule has 0 aromatic rings. The number of hydrogen-bond acceptors (Lipinski definition) is 2. The number of hydroxylamine groups is 2. The van der Waals surface area contributed by atoms with Crippen LogP contribution >= 0.6 is 0 Å². The van der Waals surface area contributed by atoms with Crippen LogP contribution in [0.2, 0.25) is 0 Å². The molecule has 1 aliphatic carbocycles. The Balaban J connectivity index is 2.37. The molecule has 0 heterocycles. The molecule has 14 heavy (non-hydrogen) atoms. The first kappa shape index (κ1) is 12.0. The molecule has 1 fully saturated rings. The van der Waals surface area contributed by atoms with Crippen molar-refractivity contribution in [3.8, 4) is 0 Å². The van der Waals surface area contributed by atoms with Gasteiger partial charge in [-0.2, -0.15) is 5.06 Å². The highest BCUT2D eigenvalue weighted by molar-refractivity contribution is 4.78. The smallest absolute Gasteiger partial charge is 0.0682 e. The first-order valence-corrected chi connectivity index (χ1v) is 6.15. The minimum absolute atomic E-state index is 0.667. The molecule has 1 aliphatic rings. The summed E-state index contributed by atoms with van der Waals surface area (Å²) >= 11 is 0. The summed E-state index contributed by atoms with van der Waals surface area (Å²) in [6.45, 7) is 5.33. The average molecular weight is 199 g/mol. The molecule has 84 valence electrons. The summed E-state index contributed by atoms with van der Waals surface area (Å²) in [6, 6.07) is 0.667. The third kappa shape index (κ3) is 3.25. The number of rotatable bonds is 5. The van der Waals surface area contributed by atoms with E-state index in [-0.39, 0.29) is 0 Å². The Labute approximate surface area is 88.6 Å². The Morgan fingerprint density at radius 3 is 2.57 bits per heavy atom. The predicted molar refractivity (Wildman–Crippen MR) is 60.0 cm³/mol. The highest BCUT2D eigenvalue weighted by Gasteiger charge is 2.27. The molecular formula is C12H25NO. The van der Waals surface area contributed by atoms with Gasteiger partial charge in [0, 0.05) is 13.1 Å². The van der Waals surface area contributed by atoms with Crippen molar-refractivity contribution in [1.82, 2.24) is 5.06 Å². The van der Waals surface area contributed by atoms with Gasteiger partial charge in [0.2, 0.25) is 0 Å². The SMILES string of the molecule is CCCON(C)C1CCCCC1CC. The molecule has 2 nitrogen and oxygen atoms in total. The Hall–Kier alpha value is -0.0800. The van der Waals surface area contributed by atoms with E-state index in [1.54, 1.807) is 0 Å². The van der Waals surface area contributed by atoms with Gasteiger partial charge in [0.1, 0.15) is 0 Å². The van der Waals surface area contributed by atoms with Crippen LogP contribution in [-0.4, -0.2) is 24.8 Å². The summed E-state index contributed by atoms with van der Waals surface area (Å²) in [5.41, 5.74) is 0. The van der Waals surface area contributed by atoms with Crippen LogP contribution in [0, 0.1) is 5.92 Å². The van der Waals surface area contributed by atoms with Gasteiger partial charge in [-0.15, -0.1) is 0 Å². The molecule has 1 rings (SSSR count). The molecule has 0 saturated heterocycles. The van der Waals surface area contributed by atoms with E-state index in [2.05, 4.69) is 26.0 Å². The molecule has 0 aromatic heterocycles. The highest BCUT2D eigenvalue weighted by Crippen LogP contribution is 2.30.